The van der Waals surface area contributed by atoms with E-state index in [9.17, 15) is 9.59 Å². The Bertz CT molecular complexity index is 567. The zero-order chi connectivity index (χ0) is 15.1. The van der Waals surface area contributed by atoms with Crippen LogP contribution in [0.2, 0.25) is 0 Å². The first-order valence-corrected chi connectivity index (χ1v) is 7.78. The summed E-state index contributed by atoms with van der Waals surface area (Å²) in [6.07, 6.45) is 3.24. The molecule has 0 spiro atoms. The lowest BCUT2D eigenvalue weighted by Gasteiger charge is -2.04. The minimum absolute atomic E-state index is 0.0597. The first kappa shape index (κ1) is 15.5. The van der Waals surface area contributed by atoms with Gasteiger partial charge in [0, 0.05) is 19.0 Å². The first-order valence-electron chi connectivity index (χ1n) is 6.96. The minimum atomic E-state index is -0.192. The molecule has 0 aromatic carbocycles. The summed E-state index contributed by atoms with van der Waals surface area (Å²) in [5.41, 5.74) is 0. The van der Waals surface area contributed by atoms with Gasteiger partial charge < -0.3 is 15.7 Å². The van der Waals surface area contributed by atoms with E-state index in [-0.39, 0.29) is 18.4 Å². The van der Waals surface area contributed by atoms with Gasteiger partial charge in [-0.05, 0) is 31.4 Å². The molecule has 21 heavy (non-hydrogen) atoms. The molecule has 0 atom stereocenters. The smallest absolute Gasteiger partial charge is 0.261 e. The van der Waals surface area contributed by atoms with Crippen LogP contribution in [0.25, 0.3) is 0 Å². The number of nitrogens with one attached hydrogen (secondary N) is 2. The summed E-state index contributed by atoms with van der Waals surface area (Å²) in [6.45, 7) is 0.287. The van der Waals surface area contributed by atoms with Crippen molar-refractivity contribution in [2.45, 2.75) is 31.7 Å². The molecule has 1 heterocycles. The number of hydrogen-bond donors (Lipinski definition) is 3. The Hall–Kier alpha value is -1.84. The third-order valence-corrected chi connectivity index (χ3v) is 3.93. The quantitative estimate of drug-likeness (QED) is 0.539. The molecule has 5 nitrogen and oxygen atoms in total. The van der Waals surface area contributed by atoms with Crippen LogP contribution in [0.4, 0.5) is 0 Å². The van der Waals surface area contributed by atoms with Crippen molar-refractivity contribution in [3.8, 4) is 11.8 Å². The SMILES string of the molecule is O=C(CCCNC(=O)c1ccc(C#CCO)s1)NC1CC1. The van der Waals surface area contributed by atoms with E-state index in [1.165, 1.54) is 11.3 Å². The molecular weight excluding hydrogens is 288 g/mol. The summed E-state index contributed by atoms with van der Waals surface area (Å²) >= 11 is 1.29. The lowest BCUT2D eigenvalue weighted by molar-refractivity contribution is -0.121. The fourth-order valence-electron chi connectivity index (χ4n) is 1.72. The zero-order valence-corrected chi connectivity index (χ0v) is 12.5. The molecule has 1 aromatic rings. The second-order valence-electron chi connectivity index (χ2n) is 4.83. The van der Waals surface area contributed by atoms with Gasteiger partial charge in [0.05, 0.1) is 9.75 Å². The Balaban J connectivity index is 1.66. The van der Waals surface area contributed by atoms with Crippen LogP contribution in [-0.2, 0) is 4.79 Å². The molecule has 3 N–H and O–H groups in total. The van der Waals surface area contributed by atoms with Crippen LogP contribution >= 0.6 is 11.3 Å². The van der Waals surface area contributed by atoms with Gasteiger partial charge in [-0.3, -0.25) is 9.59 Å². The highest BCUT2D eigenvalue weighted by atomic mass is 32.1. The number of aliphatic hydroxyl groups excluding tert-OH is 1. The summed E-state index contributed by atoms with van der Waals surface area (Å²) in [4.78, 5) is 24.7. The number of carbonyl (C=O) groups excluding carboxylic acids is 2. The highest BCUT2D eigenvalue weighted by Crippen LogP contribution is 2.18. The molecule has 1 saturated carbocycles. The molecule has 1 aliphatic rings. The minimum Gasteiger partial charge on any atom is -0.384 e. The van der Waals surface area contributed by atoms with Crippen LogP contribution in [0, 0.1) is 11.8 Å². The number of thiophene rings is 1. The van der Waals surface area contributed by atoms with Gasteiger partial charge in [0.25, 0.3) is 5.91 Å². The van der Waals surface area contributed by atoms with Gasteiger partial charge in [-0.2, -0.15) is 0 Å². The van der Waals surface area contributed by atoms with Crippen LogP contribution in [0.3, 0.4) is 0 Å². The predicted octanol–water partition coefficient (Wildman–Crippen LogP) is 0.881. The maximum atomic E-state index is 11.9. The van der Waals surface area contributed by atoms with Crippen LogP contribution in [0.15, 0.2) is 12.1 Å². The van der Waals surface area contributed by atoms with E-state index in [0.717, 1.165) is 17.7 Å². The van der Waals surface area contributed by atoms with Crippen molar-refractivity contribution in [3.63, 3.8) is 0 Å². The summed E-state index contributed by atoms with van der Waals surface area (Å²) in [5, 5.41) is 14.3. The van der Waals surface area contributed by atoms with E-state index in [4.69, 9.17) is 5.11 Å². The largest absolute Gasteiger partial charge is 0.384 e. The maximum absolute atomic E-state index is 11.9. The van der Waals surface area contributed by atoms with Crippen LogP contribution in [0.1, 0.15) is 40.2 Å². The van der Waals surface area contributed by atoms with Gasteiger partial charge >= 0.3 is 0 Å². The third-order valence-electron chi connectivity index (χ3n) is 2.93. The number of amides is 2. The van der Waals surface area contributed by atoms with E-state index >= 15 is 0 Å². The number of aliphatic hydroxyl groups is 1. The van der Waals surface area contributed by atoms with E-state index in [2.05, 4.69) is 22.5 Å². The van der Waals surface area contributed by atoms with Crippen molar-refractivity contribution in [2.24, 2.45) is 0 Å². The summed E-state index contributed by atoms with van der Waals surface area (Å²) in [7, 11) is 0. The molecule has 0 saturated heterocycles. The Morgan fingerprint density at radius 2 is 2.19 bits per heavy atom. The molecule has 112 valence electrons. The molecule has 0 radical (unpaired) electrons. The zero-order valence-electron chi connectivity index (χ0n) is 11.6. The molecule has 0 bridgehead atoms. The predicted molar refractivity (Wildman–Crippen MR) is 81.0 cm³/mol. The summed E-state index contributed by atoms with van der Waals surface area (Å²) in [6, 6.07) is 3.85. The molecule has 0 aliphatic heterocycles. The third kappa shape index (κ3) is 5.58. The topological polar surface area (TPSA) is 78.4 Å². The molecule has 1 fully saturated rings. The average molecular weight is 306 g/mol. The Morgan fingerprint density at radius 1 is 1.38 bits per heavy atom. The van der Waals surface area contributed by atoms with E-state index in [0.29, 0.717) is 30.3 Å². The van der Waals surface area contributed by atoms with Gasteiger partial charge in [0.15, 0.2) is 0 Å². The highest BCUT2D eigenvalue weighted by molar-refractivity contribution is 7.14. The second-order valence-corrected chi connectivity index (χ2v) is 5.91. The van der Waals surface area contributed by atoms with Crippen molar-refractivity contribution in [2.75, 3.05) is 13.2 Å². The molecular formula is C15H18N2O3S. The van der Waals surface area contributed by atoms with Crippen LogP contribution in [-0.4, -0.2) is 36.1 Å². The fraction of sp³-hybridized carbons (Fsp3) is 0.467. The number of rotatable bonds is 6. The van der Waals surface area contributed by atoms with Crippen molar-refractivity contribution < 1.29 is 14.7 Å². The fourth-order valence-corrected chi connectivity index (χ4v) is 2.52. The normalized spacial score (nSPS) is 13.2. The molecule has 0 unspecified atom stereocenters. The molecule has 2 rings (SSSR count). The van der Waals surface area contributed by atoms with Crippen molar-refractivity contribution >= 4 is 23.2 Å². The van der Waals surface area contributed by atoms with Crippen molar-refractivity contribution in [1.82, 2.24) is 10.6 Å². The Morgan fingerprint density at radius 3 is 2.90 bits per heavy atom. The van der Waals surface area contributed by atoms with Crippen LogP contribution < -0.4 is 10.6 Å². The van der Waals surface area contributed by atoms with Gasteiger partial charge in [0.1, 0.15) is 6.61 Å². The summed E-state index contributed by atoms with van der Waals surface area (Å²) < 4.78 is 0. The maximum Gasteiger partial charge on any atom is 0.261 e. The van der Waals surface area contributed by atoms with Gasteiger partial charge in [0.2, 0.25) is 5.91 Å². The van der Waals surface area contributed by atoms with Gasteiger partial charge in [-0.1, -0.05) is 11.8 Å². The van der Waals surface area contributed by atoms with Crippen LogP contribution in [0.5, 0.6) is 0 Å². The van der Waals surface area contributed by atoms with E-state index in [1.54, 1.807) is 12.1 Å². The molecule has 1 aromatic heterocycles. The molecule has 2 amide bonds. The first-order chi connectivity index (χ1) is 10.2. The molecule has 6 heteroatoms. The monoisotopic (exact) mass is 306 g/mol. The standard InChI is InChI=1S/C15H18N2O3S/c18-10-2-3-12-7-8-13(21-12)15(20)16-9-1-4-14(19)17-11-5-6-11/h7-8,11,18H,1,4-6,9-10H2,(H,16,20)(H,17,19). The van der Waals surface area contributed by atoms with Gasteiger partial charge in [-0.15, -0.1) is 11.3 Å². The van der Waals surface area contributed by atoms with Crippen molar-refractivity contribution in [1.29, 1.82) is 0 Å². The average Bonchev–Trinajstić information content (AvgIpc) is 3.15. The Labute approximate surface area is 127 Å². The molecule has 1 aliphatic carbocycles. The second kappa shape index (κ2) is 7.81. The van der Waals surface area contributed by atoms with Crippen molar-refractivity contribution in [3.05, 3.63) is 21.9 Å². The summed E-state index contributed by atoms with van der Waals surface area (Å²) in [5.74, 6) is 5.21. The van der Waals surface area contributed by atoms with E-state index in [1.807, 2.05) is 0 Å². The number of hydrogen-bond acceptors (Lipinski definition) is 4. The van der Waals surface area contributed by atoms with Gasteiger partial charge in [-0.25, -0.2) is 0 Å². The van der Waals surface area contributed by atoms with E-state index < -0.39 is 0 Å². The highest BCUT2D eigenvalue weighted by Gasteiger charge is 2.22. The lowest BCUT2D eigenvalue weighted by atomic mass is 10.3. The lowest BCUT2D eigenvalue weighted by Crippen LogP contribution is -2.28. The number of carbonyl (C=O) groups is 2. The Kier molecular flexibility index (Phi) is 5.78.